The molecule has 0 radical (unpaired) electrons. The van der Waals surface area contributed by atoms with Crippen molar-refractivity contribution in [2.45, 2.75) is 25.4 Å². The first kappa shape index (κ1) is 21.9. The minimum Gasteiger partial charge on any atom is -0.368 e. The van der Waals surface area contributed by atoms with Gasteiger partial charge in [-0.1, -0.05) is 30.3 Å². The van der Waals surface area contributed by atoms with Gasteiger partial charge in [-0.05, 0) is 24.6 Å². The second kappa shape index (κ2) is 10.3. The van der Waals surface area contributed by atoms with E-state index >= 15 is 0 Å². The van der Waals surface area contributed by atoms with Crippen molar-refractivity contribution < 1.29 is 0 Å². The minimum absolute atomic E-state index is 0. The third-order valence-electron chi connectivity index (χ3n) is 4.64. The van der Waals surface area contributed by atoms with Gasteiger partial charge in [0.15, 0.2) is 0 Å². The Balaban J connectivity index is 0.00000140. The number of rotatable bonds is 5. The fraction of sp³-hybridized carbons (Fsp3) is 0.316. The summed E-state index contributed by atoms with van der Waals surface area (Å²) >= 11 is 0. The lowest BCUT2D eigenvalue weighted by atomic mass is 10.1. The standard InChI is InChI=1S/C19H23N7.2ClH/c20-19-24-16-8-11-21-10-7-15(16)18(25-19)23-17(13-26-12-4-9-22-26)14-5-2-1-3-6-14;;/h1-6,9,12,17,21H,7-8,10-11,13H2,(H3,20,23,24,25);2*1H. The molecule has 28 heavy (non-hydrogen) atoms. The highest BCUT2D eigenvalue weighted by atomic mass is 35.5. The molecule has 0 saturated heterocycles. The third-order valence-corrected chi connectivity index (χ3v) is 4.64. The fourth-order valence-corrected chi connectivity index (χ4v) is 3.36. The molecule has 1 aliphatic heterocycles. The molecule has 0 aliphatic carbocycles. The van der Waals surface area contributed by atoms with E-state index in [4.69, 9.17) is 5.73 Å². The van der Waals surface area contributed by atoms with E-state index in [9.17, 15) is 0 Å². The minimum atomic E-state index is 0. The van der Waals surface area contributed by atoms with E-state index in [1.807, 2.05) is 35.1 Å². The molecule has 0 bridgehead atoms. The molecule has 1 unspecified atom stereocenters. The van der Waals surface area contributed by atoms with E-state index in [1.54, 1.807) is 6.20 Å². The summed E-state index contributed by atoms with van der Waals surface area (Å²) in [5.74, 6) is 1.15. The number of aromatic nitrogens is 4. The number of nitrogens with two attached hydrogens (primary N) is 1. The zero-order valence-corrected chi connectivity index (χ0v) is 17.0. The van der Waals surface area contributed by atoms with Gasteiger partial charge in [0.05, 0.1) is 18.3 Å². The predicted octanol–water partition coefficient (Wildman–Crippen LogP) is 2.64. The second-order valence-corrected chi connectivity index (χ2v) is 6.44. The highest BCUT2D eigenvalue weighted by Gasteiger charge is 2.20. The lowest BCUT2D eigenvalue weighted by Gasteiger charge is -2.22. The number of anilines is 2. The van der Waals surface area contributed by atoms with Gasteiger partial charge in [-0.2, -0.15) is 10.1 Å². The first-order valence-electron chi connectivity index (χ1n) is 8.94. The summed E-state index contributed by atoms with van der Waals surface area (Å²) in [7, 11) is 0. The van der Waals surface area contributed by atoms with Gasteiger partial charge in [0.25, 0.3) is 0 Å². The van der Waals surface area contributed by atoms with Gasteiger partial charge in [0.1, 0.15) is 5.82 Å². The molecule has 7 nitrogen and oxygen atoms in total. The molecular formula is C19H25Cl2N7. The van der Waals surface area contributed by atoms with E-state index in [0.717, 1.165) is 43.0 Å². The van der Waals surface area contributed by atoms with Crippen molar-refractivity contribution in [1.82, 2.24) is 25.1 Å². The summed E-state index contributed by atoms with van der Waals surface area (Å²) in [6.45, 7) is 2.54. The molecule has 1 aromatic carbocycles. The number of hydrogen-bond donors (Lipinski definition) is 3. The predicted molar refractivity (Wildman–Crippen MR) is 116 cm³/mol. The largest absolute Gasteiger partial charge is 0.368 e. The van der Waals surface area contributed by atoms with Crippen molar-refractivity contribution in [2.24, 2.45) is 0 Å². The van der Waals surface area contributed by atoms with Crippen molar-refractivity contribution >= 4 is 36.6 Å². The molecule has 4 N–H and O–H groups in total. The van der Waals surface area contributed by atoms with Gasteiger partial charge in [-0.15, -0.1) is 24.8 Å². The normalized spacial score (nSPS) is 14.0. The topological polar surface area (TPSA) is 93.7 Å². The van der Waals surface area contributed by atoms with Crippen LogP contribution in [-0.4, -0.2) is 32.8 Å². The summed E-state index contributed by atoms with van der Waals surface area (Å²) in [5.41, 5.74) is 9.36. The Morgan fingerprint density at radius 2 is 1.86 bits per heavy atom. The maximum absolute atomic E-state index is 5.98. The molecule has 1 aliphatic rings. The summed E-state index contributed by atoms with van der Waals surface area (Å²) < 4.78 is 1.93. The Labute approximate surface area is 177 Å². The van der Waals surface area contributed by atoms with Crippen LogP contribution in [0.3, 0.4) is 0 Å². The van der Waals surface area contributed by atoms with Crippen LogP contribution in [0.2, 0.25) is 0 Å². The Kier molecular flexibility index (Phi) is 8.04. The Bertz CT molecular complexity index is 856. The number of benzene rings is 1. The molecular weight excluding hydrogens is 397 g/mol. The third kappa shape index (κ3) is 5.13. The molecule has 0 fully saturated rings. The quantitative estimate of drug-likeness (QED) is 0.586. The maximum atomic E-state index is 5.98. The van der Waals surface area contributed by atoms with Gasteiger partial charge >= 0.3 is 0 Å². The van der Waals surface area contributed by atoms with E-state index in [2.05, 4.69) is 37.8 Å². The summed E-state index contributed by atoms with van der Waals surface area (Å²) in [6, 6.07) is 12.3. The number of fused-ring (bicyclic) bond motifs is 1. The second-order valence-electron chi connectivity index (χ2n) is 6.44. The Morgan fingerprint density at radius 3 is 2.61 bits per heavy atom. The van der Waals surface area contributed by atoms with Crippen LogP contribution in [0.4, 0.5) is 11.8 Å². The van der Waals surface area contributed by atoms with Crippen molar-refractivity contribution in [3.8, 4) is 0 Å². The van der Waals surface area contributed by atoms with Gasteiger partial charge in [0, 0.05) is 30.9 Å². The summed E-state index contributed by atoms with van der Waals surface area (Å²) in [6.07, 6.45) is 5.52. The van der Waals surface area contributed by atoms with E-state index in [1.165, 1.54) is 5.56 Å². The molecule has 9 heteroatoms. The van der Waals surface area contributed by atoms with Crippen LogP contribution in [0.5, 0.6) is 0 Å². The zero-order chi connectivity index (χ0) is 17.8. The van der Waals surface area contributed by atoms with Crippen LogP contribution in [0, 0.1) is 0 Å². The first-order chi connectivity index (χ1) is 12.8. The lowest BCUT2D eigenvalue weighted by Crippen LogP contribution is -2.21. The first-order valence-corrected chi connectivity index (χ1v) is 8.94. The number of hydrogen-bond acceptors (Lipinski definition) is 6. The van der Waals surface area contributed by atoms with Gasteiger partial charge in [-0.3, -0.25) is 4.68 Å². The van der Waals surface area contributed by atoms with E-state index in [-0.39, 0.29) is 30.9 Å². The molecule has 0 amide bonds. The van der Waals surface area contributed by atoms with Crippen LogP contribution in [0.1, 0.15) is 22.9 Å². The van der Waals surface area contributed by atoms with E-state index in [0.29, 0.717) is 12.5 Å². The van der Waals surface area contributed by atoms with Gasteiger partial charge < -0.3 is 16.4 Å². The Morgan fingerprint density at radius 1 is 1.07 bits per heavy atom. The Hall–Kier alpha value is -2.35. The highest BCUT2D eigenvalue weighted by molar-refractivity contribution is 5.85. The molecule has 0 spiro atoms. The van der Waals surface area contributed by atoms with Crippen molar-refractivity contribution in [2.75, 3.05) is 24.1 Å². The van der Waals surface area contributed by atoms with Crippen LogP contribution in [0.15, 0.2) is 48.8 Å². The van der Waals surface area contributed by atoms with Crippen molar-refractivity contribution in [3.05, 3.63) is 65.6 Å². The van der Waals surface area contributed by atoms with Crippen molar-refractivity contribution in [3.63, 3.8) is 0 Å². The lowest BCUT2D eigenvalue weighted by molar-refractivity contribution is 0.549. The molecule has 1 atom stereocenters. The van der Waals surface area contributed by atoms with Crippen LogP contribution in [-0.2, 0) is 19.4 Å². The molecule has 3 heterocycles. The monoisotopic (exact) mass is 421 g/mol. The molecule has 0 saturated carbocycles. The van der Waals surface area contributed by atoms with Crippen LogP contribution in [0.25, 0.3) is 0 Å². The van der Waals surface area contributed by atoms with Crippen LogP contribution >= 0.6 is 24.8 Å². The number of nitrogens with zero attached hydrogens (tertiary/aromatic N) is 4. The molecule has 2 aromatic heterocycles. The smallest absolute Gasteiger partial charge is 0.222 e. The summed E-state index contributed by atoms with van der Waals surface area (Å²) in [5, 5.41) is 11.4. The number of nitrogens with one attached hydrogen (secondary N) is 2. The molecule has 4 rings (SSSR count). The molecule has 3 aromatic rings. The SMILES string of the molecule is Cl.Cl.Nc1nc2c(c(NC(Cn3cccn3)c3ccccc3)n1)CCNCC2. The van der Waals surface area contributed by atoms with Gasteiger partial charge in [0.2, 0.25) is 5.95 Å². The average Bonchev–Trinajstić information content (AvgIpc) is 3.05. The zero-order valence-electron chi connectivity index (χ0n) is 15.4. The number of halogens is 2. The fourth-order valence-electron chi connectivity index (χ4n) is 3.36. The van der Waals surface area contributed by atoms with E-state index < -0.39 is 0 Å². The number of nitrogen functional groups attached to an aromatic ring is 1. The summed E-state index contributed by atoms with van der Waals surface area (Å²) in [4.78, 5) is 8.98. The average molecular weight is 422 g/mol. The van der Waals surface area contributed by atoms with Gasteiger partial charge in [-0.25, -0.2) is 4.98 Å². The highest BCUT2D eigenvalue weighted by Crippen LogP contribution is 2.26. The maximum Gasteiger partial charge on any atom is 0.222 e. The van der Waals surface area contributed by atoms with Crippen LogP contribution < -0.4 is 16.4 Å². The molecule has 150 valence electrons. The van der Waals surface area contributed by atoms with Crippen molar-refractivity contribution in [1.29, 1.82) is 0 Å².